The Bertz CT molecular complexity index is 560. The number of rotatable bonds is 3. The number of benzene rings is 1. The second kappa shape index (κ2) is 5.36. The van der Waals surface area contributed by atoms with Crippen molar-refractivity contribution in [1.82, 2.24) is 5.32 Å². The van der Waals surface area contributed by atoms with Crippen molar-refractivity contribution in [2.75, 3.05) is 12.3 Å². The largest absolute Gasteiger partial charge is 0.733 e. The van der Waals surface area contributed by atoms with Crippen LogP contribution in [0.15, 0.2) is 23.2 Å². The normalized spacial score (nSPS) is 18.8. The molecule has 1 unspecified atom stereocenters. The van der Waals surface area contributed by atoms with E-state index in [1.807, 2.05) is 0 Å². The van der Waals surface area contributed by atoms with Gasteiger partial charge in [0.25, 0.3) is 5.91 Å². The molecule has 0 spiro atoms. The minimum absolute atomic E-state index is 0.0289. The highest BCUT2D eigenvalue weighted by Crippen LogP contribution is 2.39. The summed E-state index contributed by atoms with van der Waals surface area (Å²) in [4.78, 5) is 11.5. The van der Waals surface area contributed by atoms with Crippen LogP contribution in [0, 0.1) is 5.21 Å². The zero-order chi connectivity index (χ0) is 14.2. The first kappa shape index (κ1) is 14.1. The molecule has 102 valence electrons. The van der Waals surface area contributed by atoms with E-state index in [1.54, 1.807) is 6.07 Å². The summed E-state index contributed by atoms with van der Waals surface area (Å²) in [5.41, 5.74) is 0.276. The molecule has 0 aromatic heterocycles. The van der Waals surface area contributed by atoms with E-state index >= 15 is 0 Å². The molecule has 0 saturated heterocycles. The number of hydrogen-bond donors (Lipinski definition) is 2. The zero-order valence-electron chi connectivity index (χ0n) is 9.68. The SMILES string of the molecule is COC1NC(=O)C(Cl)=C1c1cccc(Cl)c1N([O-])O. The Morgan fingerprint density at radius 1 is 1.47 bits per heavy atom. The number of halogens is 2. The molecule has 0 aliphatic carbocycles. The minimum Gasteiger partial charge on any atom is -0.733 e. The van der Waals surface area contributed by atoms with E-state index in [1.165, 1.54) is 19.2 Å². The molecule has 0 bridgehead atoms. The van der Waals surface area contributed by atoms with Crippen molar-refractivity contribution in [2.24, 2.45) is 0 Å². The first-order valence-electron chi connectivity index (χ1n) is 5.15. The van der Waals surface area contributed by atoms with Gasteiger partial charge in [-0.05, 0) is 6.07 Å². The number of para-hydroxylation sites is 1. The van der Waals surface area contributed by atoms with E-state index in [0.717, 1.165) is 0 Å². The van der Waals surface area contributed by atoms with E-state index in [2.05, 4.69) is 5.32 Å². The maximum atomic E-state index is 11.5. The molecule has 8 heteroatoms. The summed E-state index contributed by atoms with van der Waals surface area (Å²) in [6.07, 6.45) is -0.808. The Morgan fingerprint density at radius 3 is 2.74 bits per heavy atom. The third kappa shape index (κ3) is 2.41. The summed E-state index contributed by atoms with van der Waals surface area (Å²) in [6, 6.07) is 4.51. The number of methoxy groups -OCH3 is 1. The number of anilines is 1. The van der Waals surface area contributed by atoms with Crippen LogP contribution in [0.2, 0.25) is 5.02 Å². The van der Waals surface area contributed by atoms with Crippen molar-refractivity contribution in [3.8, 4) is 0 Å². The number of hydrogen-bond acceptors (Lipinski definition) is 5. The standard InChI is InChI=1S/C11H9Cl2N2O4/c1-19-11-7(8(13)10(16)14-11)5-3-2-4-6(12)9(5)15(17)18/h2-4,11,17H,1H3,(H,14,16)/q-1. The molecule has 2 rings (SSSR count). The van der Waals surface area contributed by atoms with Gasteiger partial charge in [0.2, 0.25) is 0 Å². The van der Waals surface area contributed by atoms with Gasteiger partial charge in [-0.1, -0.05) is 35.3 Å². The average molecular weight is 304 g/mol. The summed E-state index contributed by atoms with van der Waals surface area (Å²) in [7, 11) is 1.37. The van der Waals surface area contributed by atoms with Crippen LogP contribution >= 0.6 is 23.2 Å². The van der Waals surface area contributed by atoms with Crippen LogP contribution in [0.5, 0.6) is 0 Å². The number of carbonyl (C=O) groups is 1. The first-order valence-corrected chi connectivity index (χ1v) is 5.91. The van der Waals surface area contributed by atoms with Crippen LogP contribution in [-0.4, -0.2) is 24.5 Å². The van der Waals surface area contributed by atoms with Crippen molar-refractivity contribution in [2.45, 2.75) is 6.23 Å². The minimum atomic E-state index is -0.808. The van der Waals surface area contributed by atoms with Crippen molar-refractivity contribution >= 4 is 40.4 Å². The molecule has 1 aliphatic rings. The summed E-state index contributed by atoms with van der Waals surface area (Å²) < 4.78 is 5.07. The lowest BCUT2D eigenvalue weighted by Gasteiger charge is -2.27. The summed E-state index contributed by atoms with van der Waals surface area (Å²) in [5.74, 6) is -0.523. The topological polar surface area (TPSA) is 84.9 Å². The fourth-order valence-electron chi connectivity index (χ4n) is 1.86. The highest BCUT2D eigenvalue weighted by Gasteiger charge is 2.33. The molecule has 1 amide bonds. The van der Waals surface area contributed by atoms with E-state index in [-0.39, 0.29) is 32.1 Å². The lowest BCUT2D eigenvalue weighted by molar-refractivity contribution is -0.118. The third-order valence-corrected chi connectivity index (χ3v) is 3.34. The summed E-state index contributed by atoms with van der Waals surface area (Å²) >= 11 is 11.8. The molecule has 0 saturated carbocycles. The van der Waals surface area contributed by atoms with Crippen LogP contribution in [0.4, 0.5) is 5.69 Å². The molecule has 2 N–H and O–H groups in total. The number of nitrogens with one attached hydrogen (secondary N) is 1. The molecule has 6 nitrogen and oxygen atoms in total. The predicted octanol–water partition coefficient (Wildman–Crippen LogP) is 2.09. The Balaban J connectivity index is 2.65. The molecule has 1 atom stereocenters. The maximum absolute atomic E-state index is 11.5. The van der Waals surface area contributed by atoms with E-state index in [9.17, 15) is 10.0 Å². The monoisotopic (exact) mass is 303 g/mol. The predicted molar refractivity (Wildman–Crippen MR) is 70.8 cm³/mol. The highest BCUT2D eigenvalue weighted by molar-refractivity contribution is 6.47. The first-order chi connectivity index (χ1) is 8.97. The van der Waals surface area contributed by atoms with E-state index in [4.69, 9.17) is 33.1 Å². The smallest absolute Gasteiger partial charge is 0.265 e. The molecular weight excluding hydrogens is 295 g/mol. The third-order valence-electron chi connectivity index (χ3n) is 2.66. The second-order valence-electron chi connectivity index (χ2n) is 3.73. The summed E-state index contributed by atoms with van der Waals surface area (Å²) in [6.45, 7) is 0. The number of ether oxygens (including phenoxy) is 1. The van der Waals surface area contributed by atoms with Crippen LogP contribution in [-0.2, 0) is 9.53 Å². The molecule has 1 aromatic rings. The van der Waals surface area contributed by atoms with Gasteiger partial charge in [0.1, 0.15) is 5.03 Å². The fraction of sp³-hybridized carbons (Fsp3) is 0.182. The van der Waals surface area contributed by atoms with Gasteiger partial charge in [-0.25, -0.2) is 0 Å². The number of nitrogens with zero attached hydrogens (tertiary/aromatic N) is 1. The van der Waals surface area contributed by atoms with Crippen molar-refractivity contribution in [3.63, 3.8) is 0 Å². The highest BCUT2D eigenvalue weighted by atomic mass is 35.5. The van der Waals surface area contributed by atoms with Gasteiger partial charge in [-0.15, -0.1) is 0 Å². The lowest BCUT2D eigenvalue weighted by Crippen LogP contribution is -2.30. The molecule has 1 heterocycles. The Morgan fingerprint density at radius 2 is 2.16 bits per heavy atom. The quantitative estimate of drug-likeness (QED) is 0.835. The van der Waals surface area contributed by atoms with Gasteiger partial charge in [-0.3, -0.25) is 10.0 Å². The molecule has 1 aromatic carbocycles. The van der Waals surface area contributed by atoms with Gasteiger partial charge in [-0.2, -0.15) is 0 Å². The Kier molecular flexibility index (Phi) is 3.98. The lowest BCUT2D eigenvalue weighted by atomic mass is 10.0. The average Bonchev–Trinajstić information content (AvgIpc) is 2.64. The van der Waals surface area contributed by atoms with Gasteiger partial charge >= 0.3 is 0 Å². The molecule has 1 aliphatic heterocycles. The Labute approximate surface area is 118 Å². The maximum Gasteiger partial charge on any atom is 0.265 e. The molecule has 19 heavy (non-hydrogen) atoms. The van der Waals surface area contributed by atoms with Gasteiger partial charge < -0.3 is 20.5 Å². The van der Waals surface area contributed by atoms with Gasteiger partial charge in [0.05, 0.1) is 10.7 Å². The molecule has 0 fully saturated rings. The number of amides is 1. The van der Waals surface area contributed by atoms with Crippen LogP contribution in [0.3, 0.4) is 0 Å². The van der Waals surface area contributed by atoms with Crippen molar-refractivity contribution in [1.29, 1.82) is 0 Å². The van der Waals surface area contributed by atoms with Crippen LogP contribution in [0.25, 0.3) is 5.57 Å². The Hall–Kier alpha value is -1.31. The van der Waals surface area contributed by atoms with Crippen molar-refractivity contribution in [3.05, 3.63) is 39.0 Å². The second-order valence-corrected chi connectivity index (χ2v) is 4.51. The zero-order valence-corrected chi connectivity index (χ0v) is 11.2. The molecular formula is C11H9Cl2N2O4-. The van der Waals surface area contributed by atoms with Gasteiger partial charge in [0, 0.05) is 18.2 Å². The summed E-state index contributed by atoms with van der Waals surface area (Å²) in [5, 5.41) is 22.4. The van der Waals surface area contributed by atoms with E-state index < -0.39 is 12.1 Å². The van der Waals surface area contributed by atoms with Crippen LogP contribution in [0.1, 0.15) is 5.56 Å². The molecule has 0 radical (unpaired) electrons. The van der Waals surface area contributed by atoms with Crippen LogP contribution < -0.4 is 10.5 Å². The fourth-order valence-corrected chi connectivity index (χ4v) is 2.36. The number of carbonyl (C=O) groups excluding carboxylic acids is 1. The van der Waals surface area contributed by atoms with E-state index in [0.29, 0.717) is 0 Å². The van der Waals surface area contributed by atoms with Gasteiger partial charge in [0.15, 0.2) is 6.23 Å². The van der Waals surface area contributed by atoms with Crippen molar-refractivity contribution < 1.29 is 14.7 Å².